The van der Waals surface area contributed by atoms with Crippen LogP contribution in [0.25, 0.3) is 5.57 Å². The second-order valence-electron chi connectivity index (χ2n) is 8.16. The molecule has 0 spiro atoms. The lowest BCUT2D eigenvalue weighted by Crippen LogP contribution is -2.34. The summed E-state index contributed by atoms with van der Waals surface area (Å²) in [5.41, 5.74) is 13.2. The van der Waals surface area contributed by atoms with Crippen LogP contribution in [0.5, 0.6) is 0 Å². The predicted octanol–water partition coefficient (Wildman–Crippen LogP) is 7.35. The number of para-hydroxylation sites is 2. The van der Waals surface area contributed by atoms with Gasteiger partial charge in [0, 0.05) is 17.1 Å². The van der Waals surface area contributed by atoms with E-state index in [4.69, 9.17) is 5.73 Å². The van der Waals surface area contributed by atoms with Gasteiger partial charge in [0.15, 0.2) is 0 Å². The Labute approximate surface area is 190 Å². The maximum atomic E-state index is 6.68. The Morgan fingerprint density at radius 3 is 1.59 bits per heavy atom. The summed E-state index contributed by atoms with van der Waals surface area (Å²) in [6, 6.07) is 40.0. The molecule has 2 N–H and O–H groups in total. The van der Waals surface area contributed by atoms with Crippen molar-refractivity contribution in [2.75, 3.05) is 4.90 Å². The van der Waals surface area contributed by atoms with Crippen molar-refractivity contribution in [3.05, 3.63) is 145 Å². The zero-order chi connectivity index (χ0) is 21.8. The molecular formula is C30H26N2. The van der Waals surface area contributed by atoms with Gasteiger partial charge in [-0.05, 0) is 59.5 Å². The van der Waals surface area contributed by atoms with Crippen LogP contribution in [0, 0.1) is 0 Å². The molecule has 0 aliphatic heterocycles. The van der Waals surface area contributed by atoms with Gasteiger partial charge in [0.25, 0.3) is 0 Å². The van der Waals surface area contributed by atoms with Crippen LogP contribution in [0.15, 0.2) is 133 Å². The Kier molecular flexibility index (Phi) is 5.45. The van der Waals surface area contributed by atoms with Gasteiger partial charge in [-0.2, -0.15) is 0 Å². The lowest BCUT2D eigenvalue weighted by molar-refractivity contribution is 0.567. The van der Waals surface area contributed by atoms with Crippen LogP contribution in [0.1, 0.15) is 17.5 Å². The summed E-state index contributed by atoms with van der Waals surface area (Å²) in [5.74, 6) is 0. The maximum Gasteiger partial charge on any atom is 0.0633 e. The third kappa shape index (κ3) is 4.01. The second kappa shape index (κ2) is 8.70. The minimum atomic E-state index is -0.442. The third-order valence-corrected chi connectivity index (χ3v) is 6.02. The van der Waals surface area contributed by atoms with Crippen molar-refractivity contribution in [1.82, 2.24) is 0 Å². The molecule has 0 heterocycles. The quantitative estimate of drug-likeness (QED) is 0.370. The molecule has 0 aromatic heterocycles. The molecular weight excluding hydrogens is 388 g/mol. The van der Waals surface area contributed by atoms with Crippen LogP contribution in [-0.4, -0.2) is 0 Å². The molecule has 1 unspecified atom stereocenters. The first-order valence-electron chi connectivity index (χ1n) is 11.0. The van der Waals surface area contributed by atoms with Crippen LogP contribution in [0.2, 0.25) is 0 Å². The second-order valence-corrected chi connectivity index (χ2v) is 8.16. The van der Waals surface area contributed by atoms with Crippen LogP contribution in [-0.2, 0) is 5.54 Å². The number of nitrogens with zero attached hydrogens (tertiary/aromatic N) is 1. The van der Waals surface area contributed by atoms with E-state index in [1.54, 1.807) is 0 Å². The van der Waals surface area contributed by atoms with Crippen molar-refractivity contribution in [2.24, 2.45) is 5.73 Å². The van der Waals surface area contributed by atoms with E-state index >= 15 is 0 Å². The minimum Gasteiger partial charge on any atom is -0.318 e. The van der Waals surface area contributed by atoms with Gasteiger partial charge in [0.05, 0.1) is 5.54 Å². The lowest BCUT2D eigenvalue weighted by atomic mass is 9.82. The molecule has 0 bridgehead atoms. The molecule has 156 valence electrons. The molecule has 5 rings (SSSR count). The number of hydrogen-bond donors (Lipinski definition) is 1. The van der Waals surface area contributed by atoms with Gasteiger partial charge >= 0.3 is 0 Å². The predicted molar refractivity (Wildman–Crippen MR) is 135 cm³/mol. The van der Waals surface area contributed by atoms with Gasteiger partial charge in [-0.15, -0.1) is 0 Å². The fourth-order valence-corrected chi connectivity index (χ4v) is 4.23. The fraction of sp³-hybridized carbons (Fsp3) is 0.0667. The van der Waals surface area contributed by atoms with Crippen molar-refractivity contribution in [3.8, 4) is 0 Å². The molecule has 0 fully saturated rings. The molecule has 2 heteroatoms. The number of anilines is 3. The standard InChI is InChI=1S/C30H26N2/c31-30(26-10-4-1-5-11-26)22-20-25(21-23-30)24-16-18-29(19-17-24)32(27-12-6-2-7-13-27)28-14-8-3-9-15-28/h1-22H,23,31H2. The van der Waals surface area contributed by atoms with Crippen molar-refractivity contribution < 1.29 is 0 Å². The van der Waals surface area contributed by atoms with E-state index in [0.717, 1.165) is 29.0 Å². The average molecular weight is 415 g/mol. The summed E-state index contributed by atoms with van der Waals surface area (Å²) in [6.45, 7) is 0. The highest BCUT2D eigenvalue weighted by atomic mass is 15.1. The summed E-state index contributed by atoms with van der Waals surface area (Å²) in [4.78, 5) is 2.27. The van der Waals surface area contributed by atoms with Crippen molar-refractivity contribution >= 4 is 22.6 Å². The Hall–Kier alpha value is -3.88. The van der Waals surface area contributed by atoms with E-state index in [9.17, 15) is 0 Å². The normalized spacial score (nSPS) is 17.6. The topological polar surface area (TPSA) is 29.3 Å². The van der Waals surface area contributed by atoms with E-state index in [1.807, 2.05) is 30.3 Å². The van der Waals surface area contributed by atoms with Crippen molar-refractivity contribution in [1.29, 1.82) is 0 Å². The molecule has 1 aliphatic rings. The number of allylic oxidation sites excluding steroid dienone is 2. The highest BCUT2D eigenvalue weighted by molar-refractivity contribution is 5.80. The van der Waals surface area contributed by atoms with Crippen molar-refractivity contribution in [2.45, 2.75) is 12.0 Å². The number of nitrogens with two attached hydrogens (primary N) is 1. The number of benzene rings is 4. The van der Waals surface area contributed by atoms with Gasteiger partial charge in [0.1, 0.15) is 0 Å². The smallest absolute Gasteiger partial charge is 0.0633 e. The van der Waals surface area contributed by atoms with E-state index in [-0.39, 0.29) is 0 Å². The summed E-state index contributed by atoms with van der Waals surface area (Å²) in [6.07, 6.45) is 7.31. The molecule has 0 radical (unpaired) electrons. The number of hydrogen-bond acceptors (Lipinski definition) is 2. The molecule has 1 aliphatic carbocycles. The van der Waals surface area contributed by atoms with E-state index in [1.165, 1.54) is 11.1 Å². The SMILES string of the molecule is NC1(c2ccccc2)C=CC(c2ccc(N(c3ccccc3)c3ccccc3)cc2)=CC1. The van der Waals surface area contributed by atoms with Crippen LogP contribution < -0.4 is 10.6 Å². The summed E-state index contributed by atoms with van der Waals surface area (Å²) in [7, 11) is 0. The Bertz CT molecular complexity index is 1190. The van der Waals surface area contributed by atoms with Gasteiger partial charge in [-0.1, -0.05) is 97.1 Å². The molecule has 0 saturated carbocycles. The molecule has 4 aromatic rings. The average Bonchev–Trinajstić information content (AvgIpc) is 2.87. The van der Waals surface area contributed by atoms with Crippen LogP contribution in [0.4, 0.5) is 17.1 Å². The van der Waals surface area contributed by atoms with E-state index < -0.39 is 5.54 Å². The Morgan fingerprint density at radius 2 is 1.09 bits per heavy atom. The maximum absolute atomic E-state index is 6.68. The molecule has 4 aromatic carbocycles. The fourth-order valence-electron chi connectivity index (χ4n) is 4.23. The zero-order valence-corrected chi connectivity index (χ0v) is 17.9. The first-order valence-corrected chi connectivity index (χ1v) is 11.0. The first kappa shape index (κ1) is 20.0. The van der Waals surface area contributed by atoms with E-state index in [0.29, 0.717) is 0 Å². The highest BCUT2D eigenvalue weighted by Gasteiger charge is 2.25. The van der Waals surface area contributed by atoms with Crippen LogP contribution >= 0.6 is 0 Å². The van der Waals surface area contributed by atoms with E-state index in [2.05, 4.69) is 108 Å². The first-order chi connectivity index (χ1) is 15.7. The summed E-state index contributed by atoms with van der Waals surface area (Å²) in [5, 5.41) is 0. The molecule has 0 amide bonds. The summed E-state index contributed by atoms with van der Waals surface area (Å²) >= 11 is 0. The van der Waals surface area contributed by atoms with Crippen molar-refractivity contribution in [3.63, 3.8) is 0 Å². The highest BCUT2D eigenvalue weighted by Crippen LogP contribution is 2.36. The monoisotopic (exact) mass is 414 g/mol. The van der Waals surface area contributed by atoms with Gasteiger partial charge in [0.2, 0.25) is 0 Å². The van der Waals surface area contributed by atoms with Gasteiger partial charge in [-0.3, -0.25) is 0 Å². The Morgan fingerprint density at radius 1 is 0.594 bits per heavy atom. The van der Waals surface area contributed by atoms with Crippen LogP contribution in [0.3, 0.4) is 0 Å². The Balaban J connectivity index is 1.42. The molecule has 2 nitrogen and oxygen atoms in total. The lowest BCUT2D eigenvalue weighted by Gasteiger charge is -2.29. The number of rotatable bonds is 5. The molecule has 0 saturated heterocycles. The van der Waals surface area contributed by atoms with Gasteiger partial charge in [-0.25, -0.2) is 0 Å². The zero-order valence-electron chi connectivity index (χ0n) is 17.9. The molecule has 32 heavy (non-hydrogen) atoms. The summed E-state index contributed by atoms with van der Waals surface area (Å²) < 4.78 is 0. The largest absolute Gasteiger partial charge is 0.318 e. The van der Waals surface area contributed by atoms with Gasteiger partial charge < -0.3 is 10.6 Å². The molecule has 1 atom stereocenters. The minimum absolute atomic E-state index is 0.442. The third-order valence-electron chi connectivity index (χ3n) is 6.02.